The molecule has 1 saturated heterocycles. The van der Waals surface area contributed by atoms with E-state index in [0.717, 1.165) is 49.1 Å². The molecule has 1 saturated carbocycles. The van der Waals surface area contributed by atoms with Crippen molar-refractivity contribution in [1.29, 1.82) is 0 Å². The number of ether oxygens (including phenoxy) is 1. The monoisotopic (exact) mass is 343 g/mol. The molecule has 134 valence electrons. The third kappa shape index (κ3) is 3.04. The maximum atomic E-state index is 13.0. The molecule has 6 heteroatoms. The van der Waals surface area contributed by atoms with Crippen LogP contribution in [0.4, 0.5) is 5.69 Å². The third-order valence-electron chi connectivity index (χ3n) is 5.70. The summed E-state index contributed by atoms with van der Waals surface area (Å²) in [5.74, 6) is 1.26. The van der Waals surface area contributed by atoms with Gasteiger partial charge in [-0.1, -0.05) is 12.8 Å². The van der Waals surface area contributed by atoms with Gasteiger partial charge in [0.25, 0.3) is 0 Å². The van der Waals surface area contributed by atoms with Gasteiger partial charge in [-0.3, -0.25) is 4.79 Å². The van der Waals surface area contributed by atoms with Crippen molar-refractivity contribution in [1.82, 2.24) is 10.3 Å². The summed E-state index contributed by atoms with van der Waals surface area (Å²) in [5.41, 5.74) is 2.04. The van der Waals surface area contributed by atoms with Crippen LogP contribution in [0.3, 0.4) is 0 Å². The van der Waals surface area contributed by atoms with Crippen LogP contribution >= 0.6 is 0 Å². The molecule has 2 N–H and O–H groups in total. The number of methoxy groups -OCH3 is 1. The minimum absolute atomic E-state index is 0.143. The quantitative estimate of drug-likeness (QED) is 0.873. The number of rotatable bonds is 5. The Hall–Kier alpha value is -1.92. The second-order valence-electron chi connectivity index (χ2n) is 7.22. The Balaban J connectivity index is 1.52. The van der Waals surface area contributed by atoms with Crippen LogP contribution in [0.1, 0.15) is 31.6 Å². The van der Waals surface area contributed by atoms with Crippen LogP contribution in [0.25, 0.3) is 11.1 Å². The topological polar surface area (TPSA) is 76.4 Å². The Morgan fingerprint density at radius 1 is 1.48 bits per heavy atom. The fourth-order valence-electron chi connectivity index (χ4n) is 4.30. The normalized spacial score (nSPS) is 25.9. The lowest BCUT2D eigenvalue weighted by molar-refractivity contribution is -0.128. The second-order valence-corrected chi connectivity index (χ2v) is 7.22. The molecule has 1 amide bonds. The number of amides is 1. The fourth-order valence-corrected chi connectivity index (χ4v) is 4.30. The van der Waals surface area contributed by atoms with E-state index in [9.17, 15) is 4.79 Å². The highest BCUT2D eigenvalue weighted by Gasteiger charge is 2.49. The summed E-state index contributed by atoms with van der Waals surface area (Å²) in [5, 5.41) is 6.56. The molecule has 2 aliphatic rings. The Morgan fingerprint density at radius 2 is 2.40 bits per heavy atom. The lowest BCUT2D eigenvalue weighted by Crippen LogP contribution is -2.44. The number of anilines is 1. The number of nitrogens with zero attached hydrogens (tertiary/aromatic N) is 1. The Kier molecular flexibility index (Phi) is 4.48. The molecule has 1 aliphatic heterocycles. The Labute approximate surface area is 147 Å². The summed E-state index contributed by atoms with van der Waals surface area (Å²) in [6, 6.07) is 5.66. The van der Waals surface area contributed by atoms with E-state index in [1.165, 1.54) is 6.42 Å². The van der Waals surface area contributed by atoms with Crippen molar-refractivity contribution < 1.29 is 13.9 Å². The van der Waals surface area contributed by atoms with Gasteiger partial charge in [0, 0.05) is 25.8 Å². The number of nitrogens with one attached hydrogen (secondary N) is 2. The number of hydrogen-bond acceptors (Lipinski definition) is 5. The maximum absolute atomic E-state index is 13.0. The van der Waals surface area contributed by atoms with Crippen LogP contribution < -0.4 is 10.6 Å². The Morgan fingerprint density at radius 3 is 3.28 bits per heavy atom. The minimum Gasteiger partial charge on any atom is -0.441 e. The molecule has 6 nitrogen and oxygen atoms in total. The van der Waals surface area contributed by atoms with E-state index in [4.69, 9.17) is 9.15 Å². The third-order valence-corrected chi connectivity index (χ3v) is 5.70. The number of carbonyl (C=O) groups is 1. The molecule has 1 aromatic carbocycles. The maximum Gasteiger partial charge on any atom is 0.232 e. The smallest absolute Gasteiger partial charge is 0.232 e. The number of fused-ring (bicyclic) bond motifs is 2. The molecule has 2 aromatic rings. The number of carbonyl (C=O) groups excluding carboxylic acids is 1. The molecule has 0 radical (unpaired) electrons. The van der Waals surface area contributed by atoms with Gasteiger partial charge in [0.05, 0.1) is 12.0 Å². The molecule has 0 unspecified atom stereocenters. The van der Waals surface area contributed by atoms with Crippen molar-refractivity contribution in [3.8, 4) is 0 Å². The number of hydrogen-bond donors (Lipinski definition) is 2. The zero-order valence-electron chi connectivity index (χ0n) is 14.6. The predicted molar refractivity (Wildman–Crippen MR) is 95.5 cm³/mol. The van der Waals surface area contributed by atoms with Crippen LogP contribution in [0, 0.1) is 11.3 Å². The molecule has 2 fully saturated rings. The second kappa shape index (κ2) is 6.77. The zero-order chi connectivity index (χ0) is 17.3. The van der Waals surface area contributed by atoms with Crippen LogP contribution in [0.5, 0.6) is 0 Å². The van der Waals surface area contributed by atoms with E-state index in [2.05, 4.69) is 15.6 Å². The highest BCUT2D eigenvalue weighted by atomic mass is 16.5. The number of oxazole rings is 1. The predicted octanol–water partition coefficient (Wildman–Crippen LogP) is 2.74. The largest absolute Gasteiger partial charge is 0.441 e. The van der Waals surface area contributed by atoms with Crippen molar-refractivity contribution >= 4 is 22.7 Å². The van der Waals surface area contributed by atoms with Crippen LogP contribution in [-0.4, -0.2) is 37.7 Å². The van der Waals surface area contributed by atoms with E-state index in [0.29, 0.717) is 24.8 Å². The van der Waals surface area contributed by atoms with Crippen LogP contribution in [0.15, 0.2) is 22.6 Å². The molecule has 0 spiro atoms. The van der Waals surface area contributed by atoms with Gasteiger partial charge in [0.1, 0.15) is 5.52 Å². The van der Waals surface area contributed by atoms with Crippen LogP contribution in [-0.2, 0) is 16.0 Å². The van der Waals surface area contributed by atoms with Crippen molar-refractivity contribution in [2.45, 2.75) is 32.1 Å². The van der Waals surface area contributed by atoms with E-state index in [-0.39, 0.29) is 11.3 Å². The molecule has 1 aromatic heterocycles. The molecule has 2 atom stereocenters. The first-order valence-corrected chi connectivity index (χ1v) is 9.12. The highest BCUT2D eigenvalue weighted by molar-refractivity contribution is 5.97. The summed E-state index contributed by atoms with van der Waals surface area (Å²) in [6.07, 6.45) is 5.13. The van der Waals surface area contributed by atoms with Gasteiger partial charge in [-0.15, -0.1) is 0 Å². The van der Waals surface area contributed by atoms with Gasteiger partial charge in [-0.2, -0.15) is 0 Å². The van der Waals surface area contributed by atoms with E-state index >= 15 is 0 Å². The summed E-state index contributed by atoms with van der Waals surface area (Å²) >= 11 is 0. The van der Waals surface area contributed by atoms with Gasteiger partial charge < -0.3 is 19.8 Å². The SMILES string of the molecule is COCCc1nc2cc(NC(=O)[C@@]34CCCC[C@H]3CNC4)ccc2o1. The summed E-state index contributed by atoms with van der Waals surface area (Å²) in [6.45, 7) is 2.32. The molecule has 4 rings (SSSR count). The average molecular weight is 343 g/mol. The molecular formula is C19H25N3O3. The lowest BCUT2D eigenvalue weighted by atomic mass is 9.67. The number of benzene rings is 1. The molecule has 1 aliphatic carbocycles. The van der Waals surface area contributed by atoms with Gasteiger partial charge in [-0.25, -0.2) is 4.98 Å². The van der Waals surface area contributed by atoms with Gasteiger partial charge >= 0.3 is 0 Å². The molecule has 25 heavy (non-hydrogen) atoms. The van der Waals surface area contributed by atoms with E-state index in [1.807, 2.05) is 18.2 Å². The van der Waals surface area contributed by atoms with Crippen LogP contribution in [0.2, 0.25) is 0 Å². The molecular weight excluding hydrogens is 318 g/mol. The number of aromatic nitrogens is 1. The van der Waals surface area contributed by atoms with Gasteiger partial charge in [0.2, 0.25) is 5.91 Å². The van der Waals surface area contributed by atoms with Gasteiger partial charge in [-0.05, 0) is 43.5 Å². The zero-order valence-corrected chi connectivity index (χ0v) is 14.6. The first-order valence-electron chi connectivity index (χ1n) is 9.12. The average Bonchev–Trinajstić information content (AvgIpc) is 3.23. The standard InChI is InChI=1S/C19H25N3O3/c1-24-9-7-17-22-15-10-14(5-6-16(15)25-17)21-18(23)19-8-3-2-4-13(19)11-20-12-19/h5-6,10,13,20H,2-4,7-9,11-12H2,1H3,(H,21,23)/t13-,19+/m0/s1. The van der Waals surface area contributed by atoms with Crippen molar-refractivity contribution in [2.24, 2.45) is 11.3 Å². The molecule has 2 heterocycles. The van der Waals surface area contributed by atoms with E-state index in [1.54, 1.807) is 7.11 Å². The van der Waals surface area contributed by atoms with Crippen molar-refractivity contribution in [3.05, 3.63) is 24.1 Å². The fraction of sp³-hybridized carbons (Fsp3) is 0.579. The Bertz CT molecular complexity index is 772. The minimum atomic E-state index is -0.249. The molecule has 0 bridgehead atoms. The summed E-state index contributed by atoms with van der Waals surface area (Å²) < 4.78 is 10.8. The first-order chi connectivity index (χ1) is 12.2. The van der Waals surface area contributed by atoms with Crippen molar-refractivity contribution in [2.75, 3.05) is 32.1 Å². The summed E-state index contributed by atoms with van der Waals surface area (Å²) in [4.78, 5) is 17.5. The highest BCUT2D eigenvalue weighted by Crippen LogP contribution is 2.44. The first kappa shape index (κ1) is 16.5. The van der Waals surface area contributed by atoms with E-state index < -0.39 is 0 Å². The van der Waals surface area contributed by atoms with Gasteiger partial charge in [0.15, 0.2) is 11.5 Å². The lowest BCUT2D eigenvalue weighted by Gasteiger charge is -2.37. The van der Waals surface area contributed by atoms with Crippen molar-refractivity contribution in [3.63, 3.8) is 0 Å². The summed E-state index contributed by atoms with van der Waals surface area (Å²) in [7, 11) is 1.66.